The molecule has 0 atom stereocenters. The summed E-state index contributed by atoms with van der Waals surface area (Å²) in [7, 11) is 0. The molecule has 0 bridgehead atoms. The molecule has 66 valence electrons. The van der Waals surface area contributed by atoms with Crippen molar-refractivity contribution in [3.8, 4) is 0 Å². The van der Waals surface area contributed by atoms with Crippen LogP contribution >= 0.6 is 22.9 Å². The number of halogens is 2. The maximum absolute atomic E-state index is 13.2. The summed E-state index contributed by atoms with van der Waals surface area (Å²) >= 11 is 7.02. The van der Waals surface area contributed by atoms with E-state index < -0.39 is 0 Å². The molecule has 0 aliphatic heterocycles. The summed E-state index contributed by atoms with van der Waals surface area (Å²) in [6.45, 7) is 0. The Morgan fingerprint density at radius 1 is 1.46 bits per heavy atom. The lowest BCUT2D eigenvalue weighted by Gasteiger charge is -1.95. The van der Waals surface area contributed by atoms with Crippen LogP contribution in [0.1, 0.15) is 10.4 Å². The molecule has 1 aromatic heterocycles. The third-order valence-corrected chi connectivity index (χ3v) is 3.10. The molecular formula is C9H4ClFOS. The van der Waals surface area contributed by atoms with Crippen molar-refractivity contribution < 1.29 is 9.18 Å². The number of rotatable bonds is 1. The molecule has 1 aromatic carbocycles. The average Bonchev–Trinajstić information content (AvgIpc) is 2.56. The van der Waals surface area contributed by atoms with E-state index in [1.54, 1.807) is 5.38 Å². The van der Waals surface area contributed by atoms with Crippen LogP contribution in [0.3, 0.4) is 0 Å². The monoisotopic (exact) mass is 214 g/mol. The minimum atomic E-state index is -0.336. The van der Waals surface area contributed by atoms with E-state index in [4.69, 9.17) is 11.6 Å². The predicted molar refractivity (Wildman–Crippen MR) is 52.2 cm³/mol. The van der Waals surface area contributed by atoms with E-state index in [0.717, 1.165) is 0 Å². The van der Waals surface area contributed by atoms with Gasteiger partial charge in [0.05, 0.1) is 9.72 Å². The number of fused-ring (bicyclic) bond motifs is 1. The second kappa shape index (κ2) is 3.09. The Kier molecular flexibility index (Phi) is 2.06. The highest BCUT2D eigenvalue weighted by atomic mass is 35.5. The first kappa shape index (κ1) is 8.66. The standard InChI is InChI=1S/C9H4ClFOS/c10-6-1-2-7(11)9-8(6)5(3-12)4-13-9/h1-4H. The molecule has 0 fully saturated rings. The molecule has 2 rings (SSSR count). The molecule has 13 heavy (non-hydrogen) atoms. The molecule has 0 amide bonds. The Morgan fingerprint density at radius 3 is 2.92 bits per heavy atom. The maximum atomic E-state index is 13.2. The molecule has 4 heteroatoms. The molecule has 0 radical (unpaired) electrons. The quantitative estimate of drug-likeness (QED) is 0.664. The molecule has 0 saturated carbocycles. The number of carbonyl (C=O) groups is 1. The fourth-order valence-electron chi connectivity index (χ4n) is 1.19. The second-order valence-electron chi connectivity index (χ2n) is 2.54. The fraction of sp³-hybridized carbons (Fsp3) is 0. The molecule has 0 aliphatic rings. The number of thiophene rings is 1. The van der Waals surface area contributed by atoms with Crippen molar-refractivity contribution in [3.63, 3.8) is 0 Å². The first-order valence-corrected chi connectivity index (χ1v) is 4.80. The van der Waals surface area contributed by atoms with Crippen LogP contribution < -0.4 is 0 Å². The Morgan fingerprint density at radius 2 is 2.23 bits per heavy atom. The van der Waals surface area contributed by atoms with E-state index >= 15 is 0 Å². The summed E-state index contributed by atoms with van der Waals surface area (Å²) in [5.74, 6) is -0.336. The third kappa shape index (κ3) is 1.24. The van der Waals surface area contributed by atoms with Crippen LogP contribution in [0, 0.1) is 5.82 Å². The third-order valence-electron chi connectivity index (χ3n) is 1.78. The second-order valence-corrected chi connectivity index (χ2v) is 3.83. The lowest BCUT2D eigenvalue weighted by molar-refractivity contribution is 0.112. The molecule has 1 nitrogen and oxygen atoms in total. The van der Waals surface area contributed by atoms with Gasteiger partial charge in [0.2, 0.25) is 0 Å². The summed E-state index contributed by atoms with van der Waals surface area (Å²) in [6.07, 6.45) is 0.685. The summed E-state index contributed by atoms with van der Waals surface area (Å²) in [5.41, 5.74) is 0.449. The van der Waals surface area contributed by atoms with Crippen LogP contribution in [0.15, 0.2) is 17.5 Å². The zero-order valence-corrected chi connectivity index (χ0v) is 7.95. The van der Waals surface area contributed by atoms with Crippen LogP contribution in [0.25, 0.3) is 10.1 Å². The van der Waals surface area contributed by atoms with Crippen molar-refractivity contribution in [2.75, 3.05) is 0 Å². The number of benzene rings is 1. The topological polar surface area (TPSA) is 17.1 Å². The largest absolute Gasteiger partial charge is 0.298 e. The lowest BCUT2D eigenvalue weighted by atomic mass is 10.2. The van der Waals surface area contributed by atoms with E-state index in [0.29, 0.717) is 27.0 Å². The van der Waals surface area contributed by atoms with Gasteiger partial charge in [0.15, 0.2) is 6.29 Å². The average molecular weight is 215 g/mol. The summed E-state index contributed by atoms with van der Waals surface area (Å²) in [6, 6.07) is 2.76. The van der Waals surface area contributed by atoms with Gasteiger partial charge in [-0.1, -0.05) is 11.6 Å². The summed E-state index contributed by atoms with van der Waals surface area (Å²) in [5, 5.41) is 2.54. The first-order chi connectivity index (χ1) is 6.24. The van der Waals surface area contributed by atoms with Crippen molar-refractivity contribution in [1.29, 1.82) is 0 Å². The van der Waals surface area contributed by atoms with Gasteiger partial charge in [0.25, 0.3) is 0 Å². The minimum Gasteiger partial charge on any atom is -0.298 e. The van der Waals surface area contributed by atoms with Gasteiger partial charge in [0.1, 0.15) is 5.82 Å². The van der Waals surface area contributed by atoms with Gasteiger partial charge < -0.3 is 0 Å². The normalized spacial score (nSPS) is 10.6. The Labute approximate surface area is 82.7 Å². The first-order valence-electron chi connectivity index (χ1n) is 3.54. The lowest BCUT2D eigenvalue weighted by Crippen LogP contribution is -1.79. The summed E-state index contributed by atoms with van der Waals surface area (Å²) < 4.78 is 13.6. The van der Waals surface area contributed by atoms with Crippen molar-refractivity contribution in [3.05, 3.63) is 33.9 Å². The predicted octanol–water partition coefficient (Wildman–Crippen LogP) is 3.51. The van der Waals surface area contributed by atoms with Crippen LogP contribution in [0.5, 0.6) is 0 Å². The van der Waals surface area contributed by atoms with E-state index in [2.05, 4.69) is 0 Å². The molecule has 0 N–H and O–H groups in total. The van der Waals surface area contributed by atoms with Gasteiger partial charge in [-0.3, -0.25) is 4.79 Å². The molecule has 0 spiro atoms. The van der Waals surface area contributed by atoms with Crippen molar-refractivity contribution in [1.82, 2.24) is 0 Å². The number of hydrogen-bond acceptors (Lipinski definition) is 2. The summed E-state index contributed by atoms with van der Waals surface area (Å²) in [4.78, 5) is 10.6. The van der Waals surface area contributed by atoms with Gasteiger partial charge in [-0.2, -0.15) is 0 Å². The van der Waals surface area contributed by atoms with Crippen molar-refractivity contribution in [2.24, 2.45) is 0 Å². The zero-order chi connectivity index (χ0) is 9.42. The molecular weight excluding hydrogens is 211 g/mol. The Balaban J connectivity index is 2.95. The smallest absolute Gasteiger partial charge is 0.151 e. The molecule has 0 unspecified atom stereocenters. The van der Waals surface area contributed by atoms with E-state index in [-0.39, 0.29) is 5.82 Å². The molecule has 0 saturated heterocycles. The van der Waals surface area contributed by atoms with Gasteiger partial charge in [0, 0.05) is 16.3 Å². The maximum Gasteiger partial charge on any atom is 0.151 e. The number of hydrogen-bond donors (Lipinski definition) is 0. The van der Waals surface area contributed by atoms with Gasteiger partial charge in [-0.15, -0.1) is 11.3 Å². The fourth-order valence-corrected chi connectivity index (χ4v) is 2.45. The Bertz CT molecular complexity index is 478. The van der Waals surface area contributed by atoms with E-state index in [1.165, 1.54) is 23.5 Å². The SMILES string of the molecule is O=Cc1csc2c(F)ccc(Cl)c12. The van der Waals surface area contributed by atoms with Crippen molar-refractivity contribution >= 4 is 39.3 Å². The highest BCUT2D eigenvalue weighted by molar-refractivity contribution is 7.17. The highest BCUT2D eigenvalue weighted by Crippen LogP contribution is 2.32. The van der Waals surface area contributed by atoms with Gasteiger partial charge >= 0.3 is 0 Å². The van der Waals surface area contributed by atoms with Crippen molar-refractivity contribution in [2.45, 2.75) is 0 Å². The molecule has 2 aromatic rings. The Hall–Kier alpha value is -0.930. The van der Waals surface area contributed by atoms with Crippen LogP contribution in [-0.4, -0.2) is 6.29 Å². The van der Waals surface area contributed by atoms with E-state index in [9.17, 15) is 9.18 Å². The van der Waals surface area contributed by atoms with E-state index in [1.807, 2.05) is 0 Å². The minimum absolute atomic E-state index is 0.336. The number of carbonyl (C=O) groups excluding carboxylic acids is 1. The molecule has 1 heterocycles. The number of aldehydes is 1. The van der Waals surface area contributed by atoms with Gasteiger partial charge in [-0.05, 0) is 12.1 Å². The van der Waals surface area contributed by atoms with Crippen LogP contribution in [-0.2, 0) is 0 Å². The zero-order valence-electron chi connectivity index (χ0n) is 6.38. The van der Waals surface area contributed by atoms with Gasteiger partial charge in [-0.25, -0.2) is 4.39 Å². The molecule has 0 aliphatic carbocycles. The highest BCUT2D eigenvalue weighted by Gasteiger charge is 2.10. The van der Waals surface area contributed by atoms with Crippen LogP contribution in [0.4, 0.5) is 4.39 Å². The van der Waals surface area contributed by atoms with Crippen LogP contribution in [0.2, 0.25) is 5.02 Å².